The largest absolute Gasteiger partial charge is 0.496 e. The van der Waals surface area contributed by atoms with Crippen LogP contribution in [-0.2, 0) is 6.42 Å². The first-order chi connectivity index (χ1) is 10.0. The maximum atomic E-state index is 13.1. The average Bonchev–Trinajstić information content (AvgIpc) is 2.47. The molecular formula is C17H21FN2O. The van der Waals surface area contributed by atoms with Crippen LogP contribution >= 0.6 is 0 Å². The first kappa shape index (κ1) is 15.2. The SMILES string of the molecule is COc1ccccc1CC(C)N(C)c1ccc(F)cc1N. The molecular weight excluding hydrogens is 267 g/mol. The average molecular weight is 288 g/mol. The van der Waals surface area contributed by atoms with Gasteiger partial charge in [0.1, 0.15) is 11.6 Å². The molecule has 0 aromatic heterocycles. The summed E-state index contributed by atoms with van der Waals surface area (Å²) in [7, 11) is 3.63. The summed E-state index contributed by atoms with van der Waals surface area (Å²) in [5, 5.41) is 0. The lowest BCUT2D eigenvalue weighted by atomic mass is 10.0. The molecule has 0 amide bonds. The monoisotopic (exact) mass is 288 g/mol. The molecule has 3 nitrogen and oxygen atoms in total. The molecule has 0 heterocycles. The van der Waals surface area contributed by atoms with Gasteiger partial charge in [0.25, 0.3) is 0 Å². The zero-order valence-electron chi connectivity index (χ0n) is 12.6. The molecule has 0 saturated carbocycles. The summed E-state index contributed by atoms with van der Waals surface area (Å²) in [6.07, 6.45) is 0.817. The zero-order chi connectivity index (χ0) is 15.4. The van der Waals surface area contributed by atoms with Gasteiger partial charge in [-0.2, -0.15) is 0 Å². The van der Waals surface area contributed by atoms with Gasteiger partial charge >= 0.3 is 0 Å². The Morgan fingerprint density at radius 1 is 1.24 bits per heavy atom. The predicted octanol–water partition coefficient (Wildman–Crippen LogP) is 3.48. The second kappa shape index (κ2) is 6.48. The van der Waals surface area contributed by atoms with Gasteiger partial charge in [0.05, 0.1) is 18.5 Å². The molecule has 1 unspecified atom stereocenters. The molecule has 0 aliphatic rings. The second-order valence-electron chi connectivity index (χ2n) is 5.18. The highest BCUT2D eigenvalue weighted by molar-refractivity contribution is 5.67. The molecule has 1 atom stereocenters. The van der Waals surface area contributed by atoms with Crippen molar-refractivity contribution in [2.45, 2.75) is 19.4 Å². The molecule has 2 rings (SSSR count). The fourth-order valence-electron chi connectivity index (χ4n) is 2.41. The highest BCUT2D eigenvalue weighted by Gasteiger charge is 2.15. The third kappa shape index (κ3) is 3.45. The molecule has 0 aliphatic heterocycles. The van der Waals surface area contributed by atoms with Crippen molar-refractivity contribution in [2.24, 2.45) is 0 Å². The molecule has 21 heavy (non-hydrogen) atoms. The Balaban J connectivity index is 2.17. The van der Waals surface area contributed by atoms with Gasteiger partial charge in [-0.1, -0.05) is 18.2 Å². The fraction of sp³-hybridized carbons (Fsp3) is 0.294. The van der Waals surface area contributed by atoms with Gasteiger partial charge in [-0.3, -0.25) is 0 Å². The first-order valence-corrected chi connectivity index (χ1v) is 6.92. The number of anilines is 2. The second-order valence-corrected chi connectivity index (χ2v) is 5.18. The van der Waals surface area contributed by atoms with E-state index in [0.717, 1.165) is 23.4 Å². The van der Waals surface area contributed by atoms with E-state index in [-0.39, 0.29) is 11.9 Å². The Kier molecular flexibility index (Phi) is 4.68. The normalized spacial score (nSPS) is 12.0. The number of methoxy groups -OCH3 is 1. The van der Waals surface area contributed by atoms with Crippen LogP contribution in [0.1, 0.15) is 12.5 Å². The molecule has 0 spiro atoms. The van der Waals surface area contributed by atoms with Crippen molar-refractivity contribution in [3.05, 3.63) is 53.8 Å². The number of nitrogens with two attached hydrogens (primary N) is 1. The van der Waals surface area contributed by atoms with Crippen LogP contribution < -0.4 is 15.4 Å². The van der Waals surface area contributed by atoms with Gasteiger partial charge in [0.2, 0.25) is 0 Å². The summed E-state index contributed by atoms with van der Waals surface area (Å²) in [5.41, 5.74) is 8.32. The van der Waals surface area contributed by atoms with Crippen LogP contribution in [0, 0.1) is 5.82 Å². The van der Waals surface area contributed by atoms with E-state index in [4.69, 9.17) is 10.5 Å². The van der Waals surface area contributed by atoms with Gasteiger partial charge in [-0.25, -0.2) is 4.39 Å². The Labute approximate surface area is 125 Å². The number of rotatable bonds is 5. The number of hydrogen-bond acceptors (Lipinski definition) is 3. The van der Waals surface area contributed by atoms with E-state index in [1.807, 2.05) is 25.2 Å². The number of likely N-dealkylation sites (N-methyl/N-ethyl adjacent to an activating group) is 1. The lowest BCUT2D eigenvalue weighted by molar-refractivity contribution is 0.408. The van der Waals surface area contributed by atoms with Gasteiger partial charge in [-0.15, -0.1) is 0 Å². The van der Waals surface area contributed by atoms with E-state index in [0.29, 0.717) is 5.69 Å². The molecule has 0 aliphatic carbocycles. The topological polar surface area (TPSA) is 38.5 Å². The van der Waals surface area contributed by atoms with Crippen LogP contribution in [0.4, 0.5) is 15.8 Å². The number of para-hydroxylation sites is 1. The van der Waals surface area contributed by atoms with Crippen LogP contribution in [-0.4, -0.2) is 20.2 Å². The van der Waals surface area contributed by atoms with Crippen LogP contribution in [0.15, 0.2) is 42.5 Å². The number of halogens is 1. The summed E-state index contributed by atoms with van der Waals surface area (Å²) < 4.78 is 18.5. The molecule has 0 radical (unpaired) electrons. The third-order valence-corrected chi connectivity index (χ3v) is 3.74. The fourth-order valence-corrected chi connectivity index (χ4v) is 2.41. The molecule has 2 aromatic rings. The van der Waals surface area contributed by atoms with Crippen molar-refractivity contribution in [1.82, 2.24) is 0 Å². The van der Waals surface area contributed by atoms with E-state index in [9.17, 15) is 4.39 Å². The number of hydrogen-bond donors (Lipinski definition) is 1. The smallest absolute Gasteiger partial charge is 0.125 e. The lowest BCUT2D eigenvalue weighted by Gasteiger charge is -2.28. The maximum absolute atomic E-state index is 13.1. The number of benzene rings is 2. The van der Waals surface area contributed by atoms with Crippen molar-refractivity contribution < 1.29 is 9.13 Å². The molecule has 0 bridgehead atoms. The van der Waals surface area contributed by atoms with Crippen molar-refractivity contribution in [1.29, 1.82) is 0 Å². The van der Waals surface area contributed by atoms with E-state index in [1.54, 1.807) is 13.2 Å². The van der Waals surface area contributed by atoms with Crippen molar-refractivity contribution in [3.63, 3.8) is 0 Å². The molecule has 112 valence electrons. The highest BCUT2D eigenvalue weighted by atomic mass is 19.1. The van der Waals surface area contributed by atoms with Gasteiger partial charge in [-0.05, 0) is 43.2 Å². The molecule has 0 saturated heterocycles. The summed E-state index contributed by atoms with van der Waals surface area (Å²) in [5.74, 6) is 0.562. The van der Waals surface area contributed by atoms with Gasteiger partial charge in [0, 0.05) is 13.1 Å². The maximum Gasteiger partial charge on any atom is 0.125 e. The lowest BCUT2D eigenvalue weighted by Crippen LogP contribution is -2.31. The van der Waals surface area contributed by atoms with Gasteiger partial charge < -0.3 is 15.4 Å². The summed E-state index contributed by atoms with van der Waals surface area (Å²) in [6, 6.07) is 12.6. The minimum absolute atomic E-state index is 0.203. The van der Waals surface area contributed by atoms with Gasteiger partial charge in [0.15, 0.2) is 0 Å². The van der Waals surface area contributed by atoms with Crippen LogP contribution in [0.2, 0.25) is 0 Å². The van der Waals surface area contributed by atoms with E-state index < -0.39 is 0 Å². The molecule has 0 fully saturated rings. The molecule has 2 aromatic carbocycles. The Morgan fingerprint density at radius 3 is 2.62 bits per heavy atom. The third-order valence-electron chi connectivity index (χ3n) is 3.74. The number of nitrogens with zero attached hydrogens (tertiary/aromatic N) is 1. The summed E-state index contributed by atoms with van der Waals surface area (Å²) in [6.45, 7) is 2.11. The first-order valence-electron chi connectivity index (χ1n) is 6.92. The minimum Gasteiger partial charge on any atom is -0.496 e. The van der Waals surface area contributed by atoms with Crippen molar-refractivity contribution in [2.75, 3.05) is 24.8 Å². The standard InChI is InChI=1S/C17H21FN2O/c1-12(10-13-6-4-5-7-17(13)21-3)20(2)16-9-8-14(18)11-15(16)19/h4-9,11-12H,10,19H2,1-3H3. The summed E-state index contributed by atoms with van der Waals surface area (Å²) >= 11 is 0. The minimum atomic E-state index is -0.318. The predicted molar refractivity (Wildman–Crippen MR) is 85.4 cm³/mol. The van der Waals surface area contributed by atoms with E-state index in [2.05, 4.69) is 17.9 Å². The van der Waals surface area contributed by atoms with Crippen LogP contribution in [0.25, 0.3) is 0 Å². The van der Waals surface area contributed by atoms with Crippen molar-refractivity contribution >= 4 is 11.4 Å². The Hall–Kier alpha value is -2.23. The molecule has 2 N–H and O–H groups in total. The van der Waals surface area contributed by atoms with Crippen LogP contribution in [0.5, 0.6) is 5.75 Å². The van der Waals surface area contributed by atoms with Crippen LogP contribution in [0.3, 0.4) is 0 Å². The zero-order valence-corrected chi connectivity index (χ0v) is 12.6. The number of ether oxygens (including phenoxy) is 1. The molecule has 4 heteroatoms. The van der Waals surface area contributed by atoms with E-state index in [1.165, 1.54) is 12.1 Å². The highest BCUT2D eigenvalue weighted by Crippen LogP contribution is 2.27. The Morgan fingerprint density at radius 2 is 1.95 bits per heavy atom. The van der Waals surface area contributed by atoms with E-state index >= 15 is 0 Å². The summed E-state index contributed by atoms with van der Waals surface area (Å²) in [4.78, 5) is 2.06. The van der Waals surface area contributed by atoms with Crippen molar-refractivity contribution in [3.8, 4) is 5.75 Å². The quantitative estimate of drug-likeness (QED) is 0.856. The Bertz CT molecular complexity index is 615. The number of nitrogen functional groups attached to an aromatic ring is 1.